The van der Waals surface area contributed by atoms with Gasteiger partial charge in [-0.3, -0.25) is 4.90 Å². The summed E-state index contributed by atoms with van der Waals surface area (Å²) in [5.74, 6) is 0.00116. The molecule has 25 heavy (non-hydrogen) atoms. The lowest BCUT2D eigenvalue weighted by Gasteiger charge is -2.28. The Morgan fingerprint density at radius 2 is 1.92 bits per heavy atom. The first-order chi connectivity index (χ1) is 12.1. The second-order valence-corrected chi connectivity index (χ2v) is 7.43. The molecule has 0 saturated carbocycles. The third-order valence-electron chi connectivity index (χ3n) is 5.55. The summed E-state index contributed by atoms with van der Waals surface area (Å²) in [4.78, 5) is 4.03. The average molecular weight is 335 g/mol. The van der Waals surface area contributed by atoms with Crippen molar-refractivity contribution >= 4 is 0 Å². The molecule has 2 aliphatic rings. The molecule has 0 radical (unpaired) electrons. The van der Waals surface area contributed by atoms with Crippen molar-refractivity contribution in [3.8, 4) is 6.19 Å². The summed E-state index contributed by atoms with van der Waals surface area (Å²) in [6, 6.07) is 13.6. The van der Waals surface area contributed by atoms with Gasteiger partial charge in [-0.15, -0.1) is 0 Å². The van der Waals surface area contributed by atoms with E-state index in [0.717, 1.165) is 30.5 Å². The Bertz CT molecular complexity index is 839. The van der Waals surface area contributed by atoms with Crippen molar-refractivity contribution in [2.45, 2.75) is 30.8 Å². The van der Waals surface area contributed by atoms with Gasteiger partial charge in [0.15, 0.2) is 6.19 Å². The molecule has 1 aliphatic carbocycles. The summed E-state index contributed by atoms with van der Waals surface area (Å²) in [6.07, 6.45) is 4.14. The molecule has 2 aromatic carbocycles. The normalized spacial score (nSPS) is 24.3. The molecule has 3 atom stereocenters. The summed E-state index contributed by atoms with van der Waals surface area (Å²) in [5, 5.41) is 9.89. The number of likely N-dealkylation sites (N-methyl/N-ethyl adjacent to an activating group) is 1. The quantitative estimate of drug-likeness (QED) is 0.785. The summed E-state index contributed by atoms with van der Waals surface area (Å²) in [5.41, 5.74) is 4.72. The number of fused-ring (bicyclic) bond motifs is 5. The molecule has 1 saturated heterocycles. The molecule has 3 nitrogen and oxygen atoms in total. The van der Waals surface area contributed by atoms with E-state index in [1.54, 1.807) is 6.07 Å². The van der Waals surface area contributed by atoms with Crippen molar-refractivity contribution in [3.05, 3.63) is 70.5 Å². The Hall–Kier alpha value is -2.38. The molecule has 1 heterocycles. The molecule has 0 N–H and O–H groups in total. The number of likely N-dealkylation sites (tertiary alicyclic amines) is 1. The lowest BCUT2D eigenvalue weighted by atomic mass is 9.87. The summed E-state index contributed by atoms with van der Waals surface area (Å²) in [7, 11) is 4.07. The first-order valence-electron chi connectivity index (χ1n) is 8.77. The van der Waals surface area contributed by atoms with Crippen molar-refractivity contribution in [1.82, 2.24) is 9.80 Å². The second kappa shape index (κ2) is 6.16. The van der Waals surface area contributed by atoms with Gasteiger partial charge in [-0.1, -0.05) is 30.3 Å². The van der Waals surface area contributed by atoms with E-state index in [4.69, 9.17) is 0 Å². The Morgan fingerprint density at radius 3 is 2.68 bits per heavy atom. The molecule has 1 fully saturated rings. The van der Waals surface area contributed by atoms with E-state index in [-0.39, 0.29) is 23.8 Å². The van der Waals surface area contributed by atoms with E-state index in [0.29, 0.717) is 0 Å². The van der Waals surface area contributed by atoms with Crippen molar-refractivity contribution in [2.75, 3.05) is 20.6 Å². The van der Waals surface area contributed by atoms with E-state index < -0.39 is 0 Å². The third-order valence-corrected chi connectivity index (χ3v) is 5.55. The molecule has 1 aliphatic heterocycles. The number of rotatable bonds is 2. The second-order valence-electron chi connectivity index (χ2n) is 7.43. The molecular weight excluding hydrogens is 313 g/mol. The minimum Gasteiger partial charge on any atom is -0.307 e. The van der Waals surface area contributed by atoms with Crippen LogP contribution in [0.3, 0.4) is 0 Å². The van der Waals surface area contributed by atoms with Crippen LogP contribution in [0.25, 0.3) is 0 Å². The van der Waals surface area contributed by atoms with Crippen LogP contribution in [0.1, 0.15) is 40.6 Å². The molecule has 0 amide bonds. The van der Waals surface area contributed by atoms with E-state index in [2.05, 4.69) is 35.4 Å². The summed E-state index contributed by atoms with van der Waals surface area (Å²) in [6.45, 7) is 0.827. The van der Waals surface area contributed by atoms with Gasteiger partial charge < -0.3 is 4.90 Å². The Labute approximate surface area is 148 Å². The Morgan fingerprint density at radius 1 is 1.16 bits per heavy atom. The van der Waals surface area contributed by atoms with E-state index in [9.17, 15) is 9.65 Å². The van der Waals surface area contributed by atoms with Crippen LogP contribution >= 0.6 is 0 Å². The Balaban J connectivity index is 1.89. The number of halogens is 1. The molecule has 4 rings (SSSR count). The van der Waals surface area contributed by atoms with Gasteiger partial charge in [0.05, 0.1) is 12.1 Å². The van der Waals surface area contributed by atoms with Gasteiger partial charge in [-0.25, -0.2) is 4.39 Å². The SMILES string of the molecule is CN(C)C[C@H]1C[C@@H]2c3ccccc3Cc3ccc(F)cc3[C@H]2N1C#N. The first-order valence-corrected chi connectivity index (χ1v) is 8.77. The molecule has 0 spiro atoms. The van der Waals surface area contributed by atoms with Gasteiger partial charge in [0.25, 0.3) is 0 Å². The van der Waals surface area contributed by atoms with E-state index in [1.165, 1.54) is 17.2 Å². The highest BCUT2D eigenvalue weighted by atomic mass is 19.1. The van der Waals surface area contributed by atoms with Gasteiger partial charge in [0, 0.05) is 12.5 Å². The Kier molecular flexibility index (Phi) is 3.97. The number of nitriles is 1. The van der Waals surface area contributed by atoms with Crippen LogP contribution in [0.15, 0.2) is 42.5 Å². The fraction of sp³-hybridized carbons (Fsp3) is 0.381. The zero-order valence-corrected chi connectivity index (χ0v) is 14.6. The number of nitrogens with zero attached hydrogens (tertiary/aromatic N) is 3. The van der Waals surface area contributed by atoms with Crippen LogP contribution in [0.4, 0.5) is 4.39 Å². The smallest absolute Gasteiger partial charge is 0.180 e. The molecule has 0 unspecified atom stereocenters. The fourth-order valence-corrected chi connectivity index (χ4v) is 4.61. The molecule has 0 bridgehead atoms. The van der Waals surface area contributed by atoms with Crippen molar-refractivity contribution in [2.24, 2.45) is 0 Å². The standard InChI is InChI=1S/C21H22FN3/c1-24(2)12-17-11-20-18-6-4-3-5-14(18)9-15-7-8-16(22)10-19(15)21(20)25(17)13-23/h3-8,10,17,20-21H,9,11-12H2,1-2H3/t17-,20-,21-/m1/s1. The van der Waals surface area contributed by atoms with Crippen molar-refractivity contribution in [1.29, 1.82) is 5.26 Å². The van der Waals surface area contributed by atoms with Crippen molar-refractivity contribution in [3.63, 3.8) is 0 Å². The highest BCUT2D eigenvalue weighted by Crippen LogP contribution is 2.50. The van der Waals surface area contributed by atoms with Crippen LogP contribution < -0.4 is 0 Å². The molecule has 4 heteroatoms. The maximum atomic E-state index is 14.0. The van der Waals surface area contributed by atoms with Crippen LogP contribution in [0.2, 0.25) is 0 Å². The van der Waals surface area contributed by atoms with E-state index in [1.807, 2.05) is 25.1 Å². The fourth-order valence-electron chi connectivity index (χ4n) is 4.61. The number of hydrogen-bond acceptors (Lipinski definition) is 3. The highest BCUT2D eigenvalue weighted by Gasteiger charge is 2.45. The number of benzene rings is 2. The lowest BCUT2D eigenvalue weighted by Crippen LogP contribution is -2.35. The minimum atomic E-state index is -0.225. The maximum Gasteiger partial charge on any atom is 0.180 e. The number of hydrogen-bond donors (Lipinski definition) is 0. The molecule has 0 aromatic heterocycles. The summed E-state index contributed by atoms with van der Waals surface area (Å²) < 4.78 is 14.0. The topological polar surface area (TPSA) is 30.3 Å². The third kappa shape index (κ3) is 2.69. The molecule has 128 valence electrons. The van der Waals surface area contributed by atoms with Gasteiger partial charge >= 0.3 is 0 Å². The van der Waals surface area contributed by atoms with Crippen LogP contribution in [-0.4, -0.2) is 36.5 Å². The van der Waals surface area contributed by atoms with Gasteiger partial charge in [0.2, 0.25) is 0 Å². The highest BCUT2D eigenvalue weighted by molar-refractivity contribution is 5.46. The predicted molar refractivity (Wildman–Crippen MR) is 95.5 cm³/mol. The van der Waals surface area contributed by atoms with E-state index >= 15 is 0 Å². The lowest BCUT2D eigenvalue weighted by molar-refractivity contribution is 0.235. The maximum absolute atomic E-state index is 14.0. The van der Waals surface area contributed by atoms with Crippen LogP contribution in [-0.2, 0) is 6.42 Å². The van der Waals surface area contributed by atoms with Gasteiger partial charge in [-0.2, -0.15) is 5.26 Å². The van der Waals surface area contributed by atoms with Crippen LogP contribution in [0, 0.1) is 17.3 Å². The average Bonchev–Trinajstić information content (AvgIpc) is 2.87. The largest absolute Gasteiger partial charge is 0.307 e. The zero-order valence-electron chi connectivity index (χ0n) is 14.6. The molecular formula is C21H22FN3. The monoisotopic (exact) mass is 335 g/mol. The predicted octanol–water partition coefficient (Wildman–Crippen LogP) is 3.67. The van der Waals surface area contributed by atoms with Crippen molar-refractivity contribution < 1.29 is 4.39 Å². The first kappa shape index (κ1) is 16.1. The molecule has 2 aromatic rings. The van der Waals surface area contributed by atoms with Gasteiger partial charge in [-0.05, 0) is 61.3 Å². The van der Waals surface area contributed by atoms with Gasteiger partial charge in [0.1, 0.15) is 5.82 Å². The zero-order chi connectivity index (χ0) is 17.6. The van der Waals surface area contributed by atoms with Crippen LogP contribution in [0.5, 0.6) is 0 Å². The summed E-state index contributed by atoms with van der Waals surface area (Å²) >= 11 is 0. The minimum absolute atomic E-state index is 0.0794.